The monoisotopic (exact) mass is 354 g/mol. The van der Waals surface area contributed by atoms with E-state index in [2.05, 4.69) is 20.4 Å². The predicted molar refractivity (Wildman–Crippen MR) is 99.4 cm³/mol. The molecule has 0 spiro atoms. The zero-order valence-electron chi connectivity index (χ0n) is 14.8. The van der Waals surface area contributed by atoms with E-state index < -0.39 is 5.97 Å². The second-order valence-electron chi connectivity index (χ2n) is 6.41. The molecule has 1 aromatic carbocycles. The summed E-state index contributed by atoms with van der Waals surface area (Å²) in [7, 11) is 0. The third-order valence-corrected chi connectivity index (χ3v) is 4.11. The summed E-state index contributed by atoms with van der Waals surface area (Å²) in [5, 5.41) is 6.96. The summed E-state index contributed by atoms with van der Waals surface area (Å²) in [6.07, 6.45) is 2.01. The molecule has 0 bridgehead atoms. The van der Waals surface area contributed by atoms with Crippen LogP contribution in [0, 0.1) is 12.8 Å². The minimum atomic E-state index is -0.528. The van der Waals surface area contributed by atoms with E-state index in [1.807, 2.05) is 32.0 Å². The van der Waals surface area contributed by atoms with Crippen molar-refractivity contribution >= 4 is 23.6 Å². The molecule has 1 aromatic heterocycles. The molecule has 2 aromatic rings. The van der Waals surface area contributed by atoms with Crippen LogP contribution < -0.4 is 16.8 Å². The lowest BCUT2D eigenvalue weighted by atomic mass is 10.1. The molecule has 1 fully saturated rings. The second kappa shape index (κ2) is 7.38. The highest BCUT2D eigenvalue weighted by atomic mass is 16.7. The van der Waals surface area contributed by atoms with Crippen LogP contribution in [0.3, 0.4) is 0 Å². The van der Waals surface area contributed by atoms with E-state index in [4.69, 9.17) is 16.3 Å². The Morgan fingerprint density at radius 2 is 2.00 bits per heavy atom. The Kier molecular flexibility index (Phi) is 5.01. The van der Waals surface area contributed by atoms with E-state index in [0.29, 0.717) is 17.2 Å². The molecule has 1 heterocycles. The molecule has 0 saturated heterocycles. The summed E-state index contributed by atoms with van der Waals surface area (Å²) in [5.74, 6) is 0.989. The fourth-order valence-corrected chi connectivity index (χ4v) is 2.48. The van der Waals surface area contributed by atoms with Crippen LogP contribution in [0.2, 0.25) is 0 Å². The zero-order chi connectivity index (χ0) is 18.7. The Bertz CT molecular complexity index is 810. The summed E-state index contributed by atoms with van der Waals surface area (Å²) >= 11 is 0. The highest BCUT2D eigenvalue weighted by molar-refractivity contribution is 5.91. The molecule has 26 heavy (non-hydrogen) atoms. The third-order valence-electron chi connectivity index (χ3n) is 4.11. The van der Waals surface area contributed by atoms with Gasteiger partial charge in [-0.15, -0.1) is 0 Å². The number of benzene rings is 1. The Hall–Kier alpha value is -3.16. The lowest BCUT2D eigenvalue weighted by Gasteiger charge is -2.15. The summed E-state index contributed by atoms with van der Waals surface area (Å²) in [6, 6.07) is 8.87. The molecule has 0 radical (unpaired) electrons. The van der Waals surface area contributed by atoms with Gasteiger partial charge in [0, 0.05) is 23.7 Å². The summed E-state index contributed by atoms with van der Waals surface area (Å²) in [6.45, 7) is 3.84. The van der Waals surface area contributed by atoms with Crippen LogP contribution in [0.1, 0.15) is 47.4 Å². The van der Waals surface area contributed by atoms with Crippen molar-refractivity contribution in [3.63, 3.8) is 0 Å². The zero-order valence-corrected chi connectivity index (χ0v) is 14.8. The van der Waals surface area contributed by atoms with Gasteiger partial charge in [-0.3, -0.25) is 0 Å². The minimum absolute atomic E-state index is 0.0303. The lowest BCUT2D eigenvalue weighted by molar-refractivity contribution is 0.0514. The first-order valence-electron chi connectivity index (χ1n) is 8.44. The van der Waals surface area contributed by atoms with Crippen LogP contribution in [0.15, 0.2) is 35.5 Å². The van der Waals surface area contributed by atoms with E-state index in [0.717, 1.165) is 24.1 Å². The topological polar surface area (TPSA) is 129 Å². The number of nitrogen functional groups attached to an aromatic ring is 1. The van der Waals surface area contributed by atoms with Crippen molar-refractivity contribution in [1.82, 2.24) is 9.97 Å². The number of amidine groups is 1. The molecule has 136 valence electrons. The van der Waals surface area contributed by atoms with Gasteiger partial charge in [0.1, 0.15) is 11.7 Å². The van der Waals surface area contributed by atoms with Gasteiger partial charge in [0.2, 0.25) is 5.95 Å². The maximum absolute atomic E-state index is 12.0. The Balaban J connectivity index is 1.62. The van der Waals surface area contributed by atoms with Gasteiger partial charge >= 0.3 is 5.97 Å². The number of nitrogens with one attached hydrogen (secondary N) is 1. The molecule has 0 aliphatic heterocycles. The predicted octanol–water partition coefficient (Wildman–Crippen LogP) is 2.38. The number of nitrogens with zero attached hydrogens (tertiary/aromatic N) is 3. The number of carbonyl (C=O) groups excluding carboxylic acids is 1. The van der Waals surface area contributed by atoms with Crippen LogP contribution in [0.5, 0.6) is 0 Å². The van der Waals surface area contributed by atoms with Crippen molar-refractivity contribution in [2.45, 2.75) is 32.7 Å². The Labute approximate surface area is 151 Å². The van der Waals surface area contributed by atoms with Gasteiger partial charge in [-0.2, -0.15) is 4.98 Å². The fraction of sp³-hybridized carbons (Fsp3) is 0.333. The number of carbonyl (C=O) groups is 1. The molecule has 5 N–H and O–H groups in total. The fourth-order valence-electron chi connectivity index (χ4n) is 2.48. The van der Waals surface area contributed by atoms with Crippen LogP contribution in [-0.4, -0.2) is 21.8 Å². The van der Waals surface area contributed by atoms with E-state index in [1.54, 1.807) is 12.1 Å². The van der Waals surface area contributed by atoms with Crippen LogP contribution in [-0.2, 0) is 4.84 Å². The molecule has 1 unspecified atom stereocenters. The average Bonchev–Trinajstić information content (AvgIpc) is 3.43. The number of aromatic nitrogens is 2. The largest absolute Gasteiger partial charge is 0.384 e. The van der Waals surface area contributed by atoms with Crippen LogP contribution >= 0.6 is 0 Å². The van der Waals surface area contributed by atoms with Gasteiger partial charge in [0.05, 0.1) is 5.56 Å². The molecular weight excluding hydrogens is 332 g/mol. The molecule has 1 saturated carbocycles. The molecule has 1 aliphatic carbocycles. The molecule has 8 heteroatoms. The van der Waals surface area contributed by atoms with E-state index in [1.165, 1.54) is 0 Å². The first-order chi connectivity index (χ1) is 12.4. The van der Waals surface area contributed by atoms with Crippen molar-refractivity contribution < 1.29 is 9.63 Å². The van der Waals surface area contributed by atoms with Crippen molar-refractivity contribution in [3.8, 4) is 0 Å². The number of oxime groups is 1. The molecule has 0 amide bonds. The van der Waals surface area contributed by atoms with Crippen LogP contribution in [0.25, 0.3) is 0 Å². The van der Waals surface area contributed by atoms with Gasteiger partial charge in [0.15, 0.2) is 0 Å². The summed E-state index contributed by atoms with van der Waals surface area (Å²) < 4.78 is 0. The van der Waals surface area contributed by atoms with Gasteiger partial charge in [0.25, 0.3) is 0 Å². The molecule has 1 aliphatic rings. The maximum atomic E-state index is 12.0. The maximum Gasteiger partial charge on any atom is 0.365 e. The third kappa shape index (κ3) is 4.47. The molecule has 8 nitrogen and oxygen atoms in total. The van der Waals surface area contributed by atoms with Crippen molar-refractivity contribution in [3.05, 3.63) is 47.2 Å². The smallest absolute Gasteiger partial charge is 0.365 e. The highest BCUT2D eigenvalue weighted by Crippen LogP contribution is 2.28. The standard InChI is InChI=1S/C18H22N6O2/c1-10-9-15(23-18(20)21-10)22-11(2)12-3-7-14(8-4-12)17(25)26-24-16(19)13-5-6-13/h3-4,7-9,11,13H,5-6H2,1-2H3,(H2,19,24)(H3,20,21,22,23). The summed E-state index contributed by atoms with van der Waals surface area (Å²) in [4.78, 5) is 25.1. The highest BCUT2D eigenvalue weighted by Gasteiger charge is 2.26. The minimum Gasteiger partial charge on any atom is -0.384 e. The van der Waals surface area contributed by atoms with Gasteiger partial charge in [-0.1, -0.05) is 17.3 Å². The van der Waals surface area contributed by atoms with E-state index in [9.17, 15) is 4.79 Å². The number of nitrogens with two attached hydrogens (primary N) is 2. The lowest BCUT2D eigenvalue weighted by Crippen LogP contribution is -2.15. The molecule has 1 atom stereocenters. The average molecular weight is 354 g/mol. The van der Waals surface area contributed by atoms with Crippen molar-refractivity contribution in [2.24, 2.45) is 16.8 Å². The number of rotatable bonds is 6. The van der Waals surface area contributed by atoms with E-state index in [-0.39, 0.29) is 17.9 Å². The normalized spacial score (nSPS) is 15.4. The Morgan fingerprint density at radius 3 is 2.62 bits per heavy atom. The summed E-state index contributed by atoms with van der Waals surface area (Å²) in [5.41, 5.74) is 13.6. The quantitative estimate of drug-likeness (QED) is 0.314. The van der Waals surface area contributed by atoms with Gasteiger partial charge in [-0.05, 0) is 44.4 Å². The molecular formula is C18H22N6O2. The number of aryl methyl sites for hydroxylation is 1. The number of hydrogen-bond donors (Lipinski definition) is 3. The Morgan fingerprint density at radius 1 is 1.31 bits per heavy atom. The SMILES string of the molecule is Cc1cc(NC(C)c2ccc(C(=O)O/N=C(\N)C3CC3)cc2)nc(N)n1. The second-order valence-corrected chi connectivity index (χ2v) is 6.41. The molecule has 3 rings (SSSR count). The van der Waals surface area contributed by atoms with Crippen molar-refractivity contribution in [2.75, 3.05) is 11.1 Å². The number of hydrogen-bond acceptors (Lipinski definition) is 7. The van der Waals surface area contributed by atoms with Crippen LogP contribution in [0.4, 0.5) is 11.8 Å². The van der Waals surface area contributed by atoms with E-state index >= 15 is 0 Å². The van der Waals surface area contributed by atoms with Crippen molar-refractivity contribution in [1.29, 1.82) is 0 Å². The van der Waals surface area contributed by atoms with Gasteiger partial charge < -0.3 is 21.6 Å². The first kappa shape index (κ1) is 17.7. The van der Waals surface area contributed by atoms with Gasteiger partial charge in [-0.25, -0.2) is 9.78 Å². The first-order valence-corrected chi connectivity index (χ1v) is 8.44. The number of anilines is 2.